The van der Waals surface area contributed by atoms with Gasteiger partial charge in [0.05, 0.1) is 13.7 Å². The topological polar surface area (TPSA) is 76.2 Å². The number of ether oxygens (including phenoxy) is 2. The summed E-state index contributed by atoms with van der Waals surface area (Å²) in [6.07, 6.45) is 3.45. The Hall–Kier alpha value is -2.57. The number of unbranched alkanes of at least 4 members (excludes halogenated alkanes) is 1. The van der Waals surface area contributed by atoms with Gasteiger partial charge in [0.2, 0.25) is 0 Å². The van der Waals surface area contributed by atoms with Crippen LogP contribution in [0, 0.1) is 0 Å². The van der Waals surface area contributed by atoms with Crippen LogP contribution >= 0.6 is 0 Å². The van der Waals surface area contributed by atoms with Crippen molar-refractivity contribution in [2.24, 2.45) is 0 Å². The summed E-state index contributed by atoms with van der Waals surface area (Å²) in [7, 11) is 1.14. The van der Waals surface area contributed by atoms with Gasteiger partial charge in [-0.05, 0) is 37.7 Å². The Kier molecular flexibility index (Phi) is 7.25. The van der Waals surface area contributed by atoms with Gasteiger partial charge < -0.3 is 9.47 Å². The number of amides is 2. The first-order chi connectivity index (χ1) is 12.1. The predicted octanol–water partition coefficient (Wildman–Crippen LogP) is 2.16. The highest BCUT2D eigenvalue weighted by molar-refractivity contribution is 6.32. The minimum absolute atomic E-state index is 0.280. The molecule has 0 bridgehead atoms. The first-order valence-electron chi connectivity index (χ1n) is 8.51. The lowest BCUT2D eigenvalue weighted by molar-refractivity contribution is -0.168. The van der Waals surface area contributed by atoms with Crippen molar-refractivity contribution < 1.29 is 23.9 Å². The molecule has 0 atom stereocenters. The summed E-state index contributed by atoms with van der Waals surface area (Å²) in [5.41, 5.74) is 1.25. The molecule has 1 aromatic carbocycles. The average Bonchev–Trinajstić information content (AvgIpc) is 2.67. The summed E-state index contributed by atoms with van der Waals surface area (Å²) in [5, 5.41) is 2.31. The number of nitrogens with zero attached hydrogens (tertiary/aromatic N) is 2. The minimum Gasteiger partial charge on any atom is -0.462 e. The van der Waals surface area contributed by atoms with E-state index in [1.807, 2.05) is 18.2 Å². The van der Waals surface area contributed by atoms with Crippen LogP contribution < -0.4 is 0 Å². The van der Waals surface area contributed by atoms with E-state index in [-0.39, 0.29) is 6.61 Å². The number of carbonyl (C=O) groups excluding carboxylic acids is 3. The third-order valence-corrected chi connectivity index (χ3v) is 4.01. The molecule has 0 spiro atoms. The maximum atomic E-state index is 12.2. The highest BCUT2D eigenvalue weighted by atomic mass is 16.6. The molecule has 1 aromatic rings. The average molecular weight is 348 g/mol. The Bertz CT molecular complexity index is 590. The first-order valence-corrected chi connectivity index (χ1v) is 8.51. The molecular weight excluding hydrogens is 324 g/mol. The van der Waals surface area contributed by atoms with Gasteiger partial charge in [-0.25, -0.2) is 19.6 Å². The molecule has 2 rings (SSSR count). The Morgan fingerprint density at radius 2 is 1.68 bits per heavy atom. The second-order valence-electron chi connectivity index (χ2n) is 5.81. The lowest BCUT2D eigenvalue weighted by Gasteiger charge is -2.36. The van der Waals surface area contributed by atoms with Gasteiger partial charge in [0.25, 0.3) is 0 Å². The molecule has 0 radical (unpaired) electrons. The van der Waals surface area contributed by atoms with Gasteiger partial charge in [0.15, 0.2) is 0 Å². The normalized spacial score (nSPS) is 14.1. The van der Waals surface area contributed by atoms with Crippen LogP contribution in [0.4, 0.5) is 4.79 Å². The molecule has 0 aromatic heterocycles. The molecule has 1 saturated heterocycles. The molecule has 1 aliphatic heterocycles. The van der Waals surface area contributed by atoms with Crippen LogP contribution in [0.3, 0.4) is 0 Å². The molecule has 0 aliphatic carbocycles. The summed E-state index contributed by atoms with van der Waals surface area (Å²) in [5.74, 6) is -1.83. The highest BCUT2D eigenvalue weighted by Gasteiger charge is 2.33. The van der Waals surface area contributed by atoms with Crippen LogP contribution in [0.1, 0.15) is 31.2 Å². The second kappa shape index (κ2) is 9.66. The zero-order chi connectivity index (χ0) is 18.1. The van der Waals surface area contributed by atoms with Gasteiger partial charge in [-0.15, -0.1) is 0 Å². The first kappa shape index (κ1) is 18.8. The molecule has 25 heavy (non-hydrogen) atoms. The largest absolute Gasteiger partial charge is 0.462 e. The van der Waals surface area contributed by atoms with E-state index in [2.05, 4.69) is 16.9 Å². The van der Waals surface area contributed by atoms with E-state index >= 15 is 0 Å². The van der Waals surface area contributed by atoms with E-state index in [9.17, 15) is 14.4 Å². The summed E-state index contributed by atoms with van der Waals surface area (Å²) in [4.78, 5) is 35.6. The maximum absolute atomic E-state index is 12.2. The standard InChI is InChI=1S/C18H24N2O5/c1-24-17(22)16(21)19-12-6-7-13-20(19)18(23)25-14-8-5-11-15-9-3-2-4-10-15/h2-4,9-10H,5-8,11-14H2,1H3. The predicted molar refractivity (Wildman–Crippen MR) is 90.4 cm³/mol. The highest BCUT2D eigenvalue weighted by Crippen LogP contribution is 2.13. The number of methoxy groups -OCH3 is 1. The van der Waals surface area contributed by atoms with Crippen molar-refractivity contribution >= 4 is 18.0 Å². The quantitative estimate of drug-likeness (QED) is 0.463. The van der Waals surface area contributed by atoms with Crippen molar-refractivity contribution in [1.82, 2.24) is 10.0 Å². The summed E-state index contributed by atoms with van der Waals surface area (Å²) < 4.78 is 9.69. The lowest BCUT2D eigenvalue weighted by Crippen LogP contribution is -2.55. The van der Waals surface area contributed by atoms with Crippen LogP contribution in [-0.4, -0.2) is 54.8 Å². The summed E-state index contributed by atoms with van der Waals surface area (Å²) in [6.45, 7) is 0.936. The molecule has 0 N–H and O–H groups in total. The number of hydrogen-bond acceptors (Lipinski definition) is 5. The summed E-state index contributed by atoms with van der Waals surface area (Å²) >= 11 is 0. The van der Waals surface area contributed by atoms with E-state index in [4.69, 9.17) is 4.74 Å². The molecule has 7 heteroatoms. The number of carbonyl (C=O) groups is 3. The summed E-state index contributed by atoms with van der Waals surface area (Å²) in [6, 6.07) is 10.1. The van der Waals surface area contributed by atoms with Crippen LogP contribution in [0.15, 0.2) is 30.3 Å². The molecular formula is C18H24N2O5. The lowest BCUT2D eigenvalue weighted by atomic mass is 10.1. The van der Waals surface area contributed by atoms with Gasteiger partial charge in [-0.2, -0.15) is 0 Å². The number of rotatable bonds is 5. The molecule has 0 saturated carbocycles. The fourth-order valence-electron chi connectivity index (χ4n) is 2.67. The number of hydrazine groups is 1. The van der Waals surface area contributed by atoms with E-state index in [0.717, 1.165) is 44.2 Å². The van der Waals surface area contributed by atoms with E-state index in [0.29, 0.717) is 13.1 Å². The van der Waals surface area contributed by atoms with Crippen molar-refractivity contribution in [3.05, 3.63) is 35.9 Å². The van der Waals surface area contributed by atoms with Crippen LogP contribution in [0.25, 0.3) is 0 Å². The Morgan fingerprint density at radius 1 is 1.00 bits per heavy atom. The second-order valence-corrected chi connectivity index (χ2v) is 5.81. The molecule has 1 heterocycles. The number of hydrogen-bond donors (Lipinski definition) is 0. The van der Waals surface area contributed by atoms with Crippen molar-refractivity contribution in [2.45, 2.75) is 32.1 Å². The molecule has 0 unspecified atom stereocenters. The van der Waals surface area contributed by atoms with E-state index in [1.165, 1.54) is 10.6 Å². The van der Waals surface area contributed by atoms with Crippen molar-refractivity contribution in [3.8, 4) is 0 Å². The Balaban J connectivity index is 1.76. The van der Waals surface area contributed by atoms with Gasteiger partial charge in [0, 0.05) is 13.1 Å². The third-order valence-electron chi connectivity index (χ3n) is 4.01. The van der Waals surface area contributed by atoms with E-state index in [1.54, 1.807) is 0 Å². The Morgan fingerprint density at radius 3 is 2.36 bits per heavy atom. The van der Waals surface area contributed by atoms with Crippen LogP contribution in [0.2, 0.25) is 0 Å². The fourth-order valence-corrected chi connectivity index (χ4v) is 2.67. The molecule has 1 aliphatic rings. The van der Waals surface area contributed by atoms with Crippen molar-refractivity contribution in [1.29, 1.82) is 0 Å². The van der Waals surface area contributed by atoms with Crippen molar-refractivity contribution in [3.63, 3.8) is 0 Å². The van der Waals surface area contributed by atoms with Gasteiger partial charge in [-0.3, -0.25) is 4.79 Å². The van der Waals surface area contributed by atoms with Crippen molar-refractivity contribution in [2.75, 3.05) is 26.8 Å². The van der Waals surface area contributed by atoms with Crippen LogP contribution in [-0.2, 0) is 25.5 Å². The molecule has 136 valence electrons. The van der Waals surface area contributed by atoms with Gasteiger partial charge >= 0.3 is 18.0 Å². The number of benzene rings is 1. The smallest absolute Gasteiger partial charge is 0.428 e. The molecule has 1 fully saturated rings. The van der Waals surface area contributed by atoms with Gasteiger partial charge in [-0.1, -0.05) is 30.3 Å². The van der Waals surface area contributed by atoms with Crippen LogP contribution in [0.5, 0.6) is 0 Å². The maximum Gasteiger partial charge on any atom is 0.428 e. The zero-order valence-electron chi connectivity index (χ0n) is 14.5. The minimum atomic E-state index is -0.984. The molecule has 7 nitrogen and oxygen atoms in total. The zero-order valence-corrected chi connectivity index (χ0v) is 14.5. The van der Waals surface area contributed by atoms with Gasteiger partial charge in [0.1, 0.15) is 0 Å². The SMILES string of the molecule is COC(=O)C(=O)N1CCCCN1C(=O)OCCCCc1ccccc1. The Labute approximate surface area is 147 Å². The fraction of sp³-hybridized carbons (Fsp3) is 0.500. The number of aryl methyl sites for hydroxylation is 1. The third kappa shape index (κ3) is 5.48. The van der Waals surface area contributed by atoms with E-state index < -0.39 is 18.0 Å². The molecule has 2 amide bonds. The number of esters is 1. The monoisotopic (exact) mass is 348 g/mol.